The topological polar surface area (TPSA) is 38.9 Å². The van der Waals surface area contributed by atoms with Crippen LogP contribution in [0.15, 0.2) is 235 Å². The standard InChI is InChI=1S/C59H38N2O/c1-5-19-39(20-6-1)41-35-36-48-52(37-41)59(42-23-9-3-10-24-42,43-25-11-4-12-26-43)51-33-18-32-50(56(48)51)58-60-53(45-28-14-13-27-44(45)40-21-7-2-8-22-40)38-54(61-58)49-31-17-30-47-46-29-15-16-34-55(46)62-57(47)49/h1-38H. The van der Waals surface area contributed by atoms with E-state index in [9.17, 15) is 0 Å². The van der Waals surface area contributed by atoms with Gasteiger partial charge in [0.15, 0.2) is 5.82 Å². The van der Waals surface area contributed by atoms with Crippen LogP contribution in [0.1, 0.15) is 22.3 Å². The first-order chi connectivity index (χ1) is 30.8. The van der Waals surface area contributed by atoms with Crippen LogP contribution in [0, 0.1) is 0 Å². The molecule has 3 heteroatoms. The summed E-state index contributed by atoms with van der Waals surface area (Å²) in [6.45, 7) is 0. The highest BCUT2D eigenvalue weighted by atomic mass is 16.3. The maximum Gasteiger partial charge on any atom is 0.161 e. The fourth-order valence-electron chi connectivity index (χ4n) is 9.90. The number of fused-ring (bicyclic) bond motifs is 6. The first-order valence-electron chi connectivity index (χ1n) is 21.2. The SMILES string of the molecule is c1ccc(-c2ccc3c(c2)C(c2ccccc2)(c2ccccc2)c2cccc(-c4nc(-c5ccccc5-c5ccccc5)cc(-c5cccc6c5oc5ccccc56)n4)c2-3)cc1. The molecule has 2 aromatic heterocycles. The Morgan fingerprint density at radius 3 is 1.61 bits per heavy atom. The average Bonchev–Trinajstić information content (AvgIpc) is 3.89. The predicted octanol–water partition coefficient (Wildman–Crippen LogP) is 15.1. The van der Waals surface area contributed by atoms with Crippen LogP contribution in [0.4, 0.5) is 0 Å². The van der Waals surface area contributed by atoms with E-state index in [1.807, 2.05) is 12.1 Å². The second-order valence-corrected chi connectivity index (χ2v) is 16.0. The van der Waals surface area contributed by atoms with Crippen LogP contribution in [0.25, 0.3) is 89.2 Å². The van der Waals surface area contributed by atoms with Gasteiger partial charge in [0.05, 0.1) is 16.8 Å². The lowest BCUT2D eigenvalue weighted by Crippen LogP contribution is -2.28. The Morgan fingerprint density at radius 1 is 0.339 bits per heavy atom. The van der Waals surface area contributed by atoms with E-state index < -0.39 is 5.41 Å². The number of hydrogen-bond acceptors (Lipinski definition) is 3. The molecule has 0 saturated carbocycles. The molecule has 11 aromatic rings. The van der Waals surface area contributed by atoms with Crippen LogP contribution in [0.3, 0.4) is 0 Å². The Bertz CT molecular complexity index is 3410. The second kappa shape index (κ2) is 14.5. The molecule has 0 fully saturated rings. The van der Waals surface area contributed by atoms with Gasteiger partial charge in [-0.15, -0.1) is 0 Å². The molecule has 0 N–H and O–H groups in total. The number of benzene rings is 9. The van der Waals surface area contributed by atoms with Crippen molar-refractivity contribution in [1.29, 1.82) is 0 Å². The summed E-state index contributed by atoms with van der Waals surface area (Å²) in [5.74, 6) is 0.653. The van der Waals surface area contributed by atoms with Gasteiger partial charge >= 0.3 is 0 Å². The summed E-state index contributed by atoms with van der Waals surface area (Å²) in [5.41, 5.74) is 17.3. The number of rotatable bonds is 7. The first kappa shape index (κ1) is 35.8. The Balaban J connectivity index is 1.17. The second-order valence-electron chi connectivity index (χ2n) is 16.0. The number of nitrogens with zero attached hydrogens (tertiary/aromatic N) is 2. The van der Waals surface area contributed by atoms with E-state index >= 15 is 0 Å². The molecule has 12 rings (SSSR count). The molecule has 1 aliphatic carbocycles. The third-order valence-corrected chi connectivity index (χ3v) is 12.6. The highest BCUT2D eigenvalue weighted by molar-refractivity contribution is 6.09. The summed E-state index contributed by atoms with van der Waals surface area (Å²) in [6, 6.07) is 82.2. The lowest BCUT2D eigenvalue weighted by molar-refractivity contribution is 0.670. The summed E-state index contributed by atoms with van der Waals surface area (Å²) >= 11 is 0. The molecule has 3 nitrogen and oxygen atoms in total. The number of furan rings is 1. The molecule has 0 unspecified atom stereocenters. The lowest BCUT2D eigenvalue weighted by Gasteiger charge is -2.34. The van der Waals surface area contributed by atoms with E-state index in [1.54, 1.807) is 0 Å². The van der Waals surface area contributed by atoms with E-state index in [0.717, 1.165) is 66.7 Å². The quantitative estimate of drug-likeness (QED) is 0.161. The summed E-state index contributed by atoms with van der Waals surface area (Å²) in [4.78, 5) is 11.1. The van der Waals surface area contributed by atoms with Gasteiger partial charge < -0.3 is 4.42 Å². The summed E-state index contributed by atoms with van der Waals surface area (Å²) in [7, 11) is 0. The molecular weight excluding hydrogens is 753 g/mol. The average molecular weight is 791 g/mol. The smallest absolute Gasteiger partial charge is 0.161 e. The molecule has 9 aromatic carbocycles. The van der Waals surface area contributed by atoms with Crippen molar-refractivity contribution in [3.8, 4) is 67.3 Å². The van der Waals surface area contributed by atoms with E-state index in [2.05, 4.69) is 218 Å². The molecular formula is C59H38N2O. The molecule has 0 spiro atoms. The summed E-state index contributed by atoms with van der Waals surface area (Å²) in [5, 5.41) is 2.14. The zero-order valence-corrected chi connectivity index (χ0v) is 33.7. The van der Waals surface area contributed by atoms with Gasteiger partial charge in [-0.25, -0.2) is 9.97 Å². The van der Waals surface area contributed by atoms with Crippen molar-refractivity contribution in [2.24, 2.45) is 0 Å². The third kappa shape index (κ3) is 5.59. The minimum Gasteiger partial charge on any atom is -0.455 e. The van der Waals surface area contributed by atoms with Crippen LogP contribution in [-0.2, 0) is 5.41 Å². The van der Waals surface area contributed by atoms with Crippen LogP contribution < -0.4 is 0 Å². The largest absolute Gasteiger partial charge is 0.455 e. The van der Waals surface area contributed by atoms with E-state index in [0.29, 0.717) is 5.82 Å². The van der Waals surface area contributed by atoms with Crippen LogP contribution in [0.5, 0.6) is 0 Å². The Labute approximate surface area is 360 Å². The van der Waals surface area contributed by atoms with Gasteiger partial charge in [-0.3, -0.25) is 0 Å². The van der Waals surface area contributed by atoms with Crippen LogP contribution >= 0.6 is 0 Å². The molecule has 290 valence electrons. The van der Waals surface area contributed by atoms with Gasteiger partial charge in [-0.1, -0.05) is 206 Å². The van der Waals surface area contributed by atoms with Crippen LogP contribution in [0.2, 0.25) is 0 Å². The molecule has 0 saturated heterocycles. The highest BCUT2D eigenvalue weighted by Gasteiger charge is 2.47. The zero-order chi connectivity index (χ0) is 41.0. The molecule has 0 aliphatic heterocycles. The Morgan fingerprint density at radius 2 is 0.887 bits per heavy atom. The monoisotopic (exact) mass is 790 g/mol. The Hall–Kier alpha value is -8.14. The van der Waals surface area contributed by atoms with Crippen LogP contribution in [-0.4, -0.2) is 9.97 Å². The fourth-order valence-corrected chi connectivity index (χ4v) is 9.90. The van der Waals surface area contributed by atoms with Gasteiger partial charge in [0, 0.05) is 27.5 Å². The molecule has 1 aliphatic rings. The number of hydrogen-bond donors (Lipinski definition) is 0. The van der Waals surface area contributed by atoms with E-state index in [1.165, 1.54) is 38.9 Å². The van der Waals surface area contributed by atoms with E-state index in [-0.39, 0.29) is 0 Å². The maximum atomic E-state index is 6.66. The predicted molar refractivity (Wildman–Crippen MR) is 254 cm³/mol. The van der Waals surface area contributed by atoms with Crippen molar-refractivity contribution < 1.29 is 4.42 Å². The molecule has 0 radical (unpaired) electrons. The highest BCUT2D eigenvalue weighted by Crippen LogP contribution is 2.59. The molecule has 0 amide bonds. The van der Waals surface area contributed by atoms with Gasteiger partial charge in [0.1, 0.15) is 11.2 Å². The zero-order valence-electron chi connectivity index (χ0n) is 33.7. The van der Waals surface area contributed by atoms with Crippen molar-refractivity contribution in [2.45, 2.75) is 5.41 Å². The molecule has 62 heavy (non-hydrogen) atoms. The lowest BCUT2D eigenvalue weighted by atomic mass is 9.67. The fraction of sp³-hybridized carbons (Fsp3) is 0.0169. The number of para-hydroxylation sites is 2. The van der Waals surface area contributed by atoms with Crippen molar-refractivity contribution >= 4 is 21.9 Å². The minimum absolute atomic E-state index is 0.617. The Kier molecular flexibility index (Phi) is 8.39. The normalized spacial score (nSPS) is 12.6. The minimum atomic E-state index is -0.617. The van der Waals surface area contributed by atoms with Gasteiger partial charge in [-0.2, -0.15) is 0 Å². The van der Waals surface area contributed by atoms with Crippen molar-refractivity contribution in [2.75, 3.05) is 0 Å². The summed E-state index contributed by atoms with van der Waals surface area (Å²) < 4.78 is 6.66. The first-order valence-corrected chi connectivity index (χ1v) is 21.2. The van der Waals surface area contributed by atoms with Gasteiger partial charge in [0.25, 0.3) is 0 Å². The number of aromatic nitrogens is 2. The summed E-state index contributed by atoms with van der Waals surface area (Å²) in [6.07, 6.45) is 0. The van der Waals surface area contributed by atoms with Gasteiger partial charge in [0.2, 0.25) is 0 Å². The van der Waals surface area contributed by atoms with Gasteiger partial charge in [-0.05, 0) is 79.9 Å². The van der Waals surface area contributed by atoms with E-state index in [4.69, 9.17) is 14.4 Å². The van der Waals surface area contributed by atoms with Crippen molar-refractivity contribution in [3.63, 3.8) is 0 Å². The third-order valence-electron chi connectivity index (χ3n) is 12.6. The molecule has 2 heterocycles. The molecule has 0 atom stereocenters. The van der Waals surface area contributed by atoms with Crippen molar-refractivity contribution in [1.82, 2.24) is 9.97 Å². The molecule has 0 bridgehead atoms. The van der Waals surface area contributed by atoms with Crippen molar-refractivity contribution in [3.05, 3.63) is 253 Å². The maximum absolute atomic E-state index is 6.66.